The van der Waals surface area contributed by atoms with Gasteiger partial charge in [-0.3, -0.25) is 9.59 Å². The molecule has 0 aliphatic carbocycles. The van der Waals surface area contributed by atoms with Gasteiger partial charge in [-0.25, -0.2) is 0 Å². The highest BCUT2D eigenvalue weighted by atomic mass is 16.5. The average Bonchev–Trinajstić information content (AvgIpc) is 2.66. The van der Waals surface area contributed by atoms with E-state index >= 15 is 0 Å². The van der Waals surface area contributed by atoms with Crippen molar-refractivity contribution in [3.8, 4) is 5.75 Å². The third-order valence-electron chi connectivity index (χ3n) is 4.56. The lowest BCUT2D eigenvalue weighted by molar-refractivity contribution is -0.141. The molecule has 0 aliphatic rings. The third kappa shape index (κ3) is 6.41. The van der Waals surface area contributed by atoms with E-state index in [0.717, 1.165) is 16.7 Å². The van der Waals surface area contributed by atoms with Crippen molar-refractivity contribution in [1.29, 1.82) is 0 Å². The number of carbonyl (C=O) groups is 2. The molecule has 1 N–H and O–H groups in total. The molecule has 0 aliphatic heterocycles. The van der Waals surface area contributed by atoms with Gasteiger partial charge < -0.3 is 15.0 Å². The zero-order valence-electron chi connectivity index (χ0n) is 17.2. The lowest BCUT2D eigenvalue weighted by Crippen LogP contribution is -2.50. The van der Waals surface area contributed by atoms with Crippen LogP contribution in [0, 0.1) is 13.8 Å². The Bertz CT molecular complexity index is 769. The van der Waals surface area contributed by atoms with Gasteiger partial charge in [0.05, 0.1) is 0 Å². The van der Waals surface area contributed by atoms with Crippen molar-refractivity contribution in [2.75, 3.05) is 19.7 Å². The number of ether oxygens (including phenoxy) is 1. The zero-order valence-corrected chi connectivity index (χ0v) is 17.2. The zero-order chi connectivity index (χ0) is 20.5. The maximum atomic E-state index is 12.9. The second-order valence-corrected chi connectivity index (χ2v) is 7.01. The van der Waals surface area contributed by atoms with Crippen LogP contribution in [0.1, 0.15) is 30.5 Å². The van der Waals surface area contributed by atoms with Crippen LogP contribution in [0.2, 0.25) is 0 Å². The normalized spacial score (nSPS) is 11.6. The van der Waals surface area contributed by atoms with Gasteiger partial charge in [-0.05, 0) is 62.9 Å². The molecule has 5 heteroatoms. The van der Waals surface area contributed by atoms with Crippen LogP contribution in [0.5, 0.6) is 5.75 Å². The number of rotatable bonds is 9. The van der Waals surface area contributed by atoms with Gasteiger partial charge in [0.1, 0.15) is 11.8 Å². The Morgan fingerprint density at radius 2 is 1.71 bits per heavy atom. The fourth-order valence-electron chi connectivity index (χ4n) is 3.14. The molecule has 2 rings (SSSR count). The van der Waals surface area contributed by atoms with Crippen LogP contribution in [-0.4, -0.2) is 42.5 Å². The Balaban J connectivity index is 2.07. The van der Waals surface area contributed by atoms with Crippen molar-refractivity contribution < 1.29 is 14.3 Å². The summed E-state index contributed by atoms with van der Waals surface area (Å²) in [5.74, 6) is 0.309. The van der Waals surface area contributed by atoms with Crippen LogP contribution in [-0.2, 0) is 16.0 Å². The summed E-state index contributed by atoms with van der Waals surface area (Å²) in [5.41, 5.74) is 3.29. The smallest absolute Gasteiger partial charge is 0.261 e. The van der Waals surface area contributed by atoms with Gasteiger partial charge in [-0.15, -0.1) is 0 Å². The number of aryl methyl sites for hydroxylation is 2. The fraction of sp³-hybridized carbons (Fsp3) is 0.391. The molecule has 0 heterocycles. The molecule has 0 fully saturated rings. The summed E-state index contributed by atoms with van der Waals surface area (Å²) in [6.07, 6.45) is 0.680. The first-order valence-corrected chi connectivity index (χ1v) is 9.73. The van der Waals surface area contributed by atoms with E-state index in [1.54, 1.807) is 11.8 Å². The summed E-state index contributed by atoms with van der Waals surface area (Å²) in [6, 6.07) is 15.2. The Kier molecular flexibility index (Phi) is 8.05. The summed E-state index contributed by atoms with van der Waals surface area (Å²) < 4.78 is 5.73. The minimum Gasteiger partial charge on any atom is -0.484 e. The molecule has 5 nitrogen and oxygen atoms in total. The average molecular weight is 383 g/mol. The topological polar surface area (TPSA) is 58.6 Å². The number of nitrogens with zero attached hydrogens (tertiary/aromatic N) is 1. The molecule has 0 saturated carbocycles. The number of likely N-dealkylation sites (N-methyl/N-ethyl adjacent to an activating group) is 1. The van der Waals surface area contributed by atoms with E-state index < -0.39 is 6.04 Å². The van der Waals surface area contributed by atoms with Gasteiger partial charge in [0.2, 0.25) is 5.91 Å². The van der Waals surface area contributed by atoms with Gasteiger partial charge >= 0.3 is 0 Å². The molecular weight excluding hydrogens is 352 g/mol. The van der Waals surface area contributed by atoms with Crippen molar-refractivity contribution in [2.45, 2.75) is 40.2 Å². The molecule has 2 amide bonds. The van der Waals surface area contributed by atoms with Gasteiger partial charge in [0, 0.05) is 13.1 Å². The Hall–Kier alpha value is -2.82. The van der Waals surface area contributed by atoms with E-state index in [1.165, 1.54) is 0 Å². The molecule has 2 aromatic rings. The number of benzene rings is 2. The van der Waals surface area contributed by atoms with Crippen molar-refractivity contribution in [3.63, 3.8) is 0 Å². The summed E-state index contributed by atoms with van der Waals surface area (Å²) in [6.45, 7) is 8.49. The van der Waals surface area contributed by atoms with Crippen molar-refractivity contribution in [1.82, 2.24) is 10.2 Å². The molecule has 0 spiro atoms. The first kappa shape index (κ1) is 21.5. The first-order chi connectivity index (χ1) is 13.4. The highest BCUT2D eigenvalue weighted by Gasteiger charge is 2.25. The van der Waals surface area contributed by atoms with Gasteiger partial charge in [-0.2, -0.15) is 0 Å². The molecule has 0 unspecified atom stereocenters. The molecule has 28 heavy (non-hydrogen) atoms. The summed E-state index contributed by atoms with van der Waals surface area (Å²) in [4.78, 5) is 26.8. The van der Waals surface area contributed by atoms with E-state index in [0.29, 0.717) is 25.3 Å². The second kappa shape index (κ2) is 10.5. The Labute approximate surface area is 167 Å². The SMILES string of the molecule is CCNC(=O)[C@@H](C)N(CCc1ccccc1)C(=O)COc1cc(C)cc(C)c1. The minimum absolute atomic E-state index is 0.0958. The van der Waals surface area contributed by atoms with Crippen molar-refractivity contribution in [2.24, 2.45) is 0 Å². The van der Waals surface area contributed by atoms with Crippen LogP contribution >= 0.6 is 0 Å². The van der Waals surface area contributed by atoms with Gasteiger partial charge in [-0.1, -0.05) is 36.4 Å². The largest absolute Gasteiger partial charge is 0.484 e. The van der Waals surface area contributed by atoms with E-state index in [-0.39, 0.29) is 18.4 Å². The highest BCUT2D eigenvalue weighted by Crippen LogP contribution is 2.16. The minimum atomic E-state index is -0.556. The Morgan fingerprint density at radius 1 is 1.07 bits per heavy atom. The molecule has 0 aromatic heterocycles. The maximum absolute atomic E-state index is 12.9. The number of nitrogens with one attached hydrogen (secondary N) is 1. The van der Waals surface area contributed by atoms with Crippen molar-refractivity contribution >= 4 is 11.8 Å². The van der Waals surface area contributed by atoms with Crippen LogP contribution in [0.3, 0.4) is 0 Å². The molecular formula is C23H30N2O3. The van der Waals surface area contributed by atoms with E-state index in [4.69, 9.17) is 4.74 Å². The predicted octanol–water partition coefficient (Wildman–Crippen LogP) is 3.28. The van der Waals surface area contributed by atoms with Crippen LogP contribution in [0.25, 0.3) is 0 Å². The number of hydrogen-bond donors (Lipinski definition) is 1. The summed E-state index contributed by atoms with van der Waals surface area (Å²) in [7, 11) is 0. The number of carbonyl (C=O) groups excluding carboxylic acids is 2. The maximum Gasteiger partial charge on any atom is 0.261 e. The van der Waals surface area contributed by atoms with E-state index in [2.05, 4.69) is 11.4 Å². The van der Waals surface area contributed by atoms with Crippen LogP contribution < -0.4 is 10.1 Å². The van der Waals surface area contributed by atoms with E-state index in [1.807, 2.05) is 63.2 Å². The number of amides is 2. The molecule has 150 valence electrons. The molecule has 0 saturated heterocycles. The Morgan fingerprint density at radius 3 is 2.32 bits per heavy atom. The fourth-order valence-corrected chi connectivity index (χ4v) is 3.14. The van der Waals surface area contributed by atoms with Crippen LogP contribution in [0.15, 0.2) is 48.5 Å². The van der Waals surface area contributed by atoms with Gasteiger partial charge in [0.25, 0.3) is 5.91 Å². The monoisotopic (exact) mass is 382 g/mol. The molecule has 2 aromatic carbocycles. The lowest BCUT2D eigenvalue weighted by Gasteiger charge is -2.28. The third-order valence-corrected chi connectivity index (χ3v) is 4.56. The highest BCUT2D eigenvalue weighted by molar-refractivity contribution is 5.87. The quantitative estimate of drug-likeness (QED) is 0.724. The van der Waals surface area contributed by atoms with Crippen molar-refractivity contribution in [3.05, 3.63) is 65.2 Å². The lowest BCUT2D eigenvalue weighted by atomic mass is 10.1. The summed E-state index contributed by atoms with van der Waals surface area (Å²) >= 11 is 0. The first-order valence-electron chi connectivity index (χ1n) is 9.73. The molecule has 0 radical (unpaired) electrons. The second-order valence-electron chi connectivity index (χ2n) is 7.01. The molecule has 0 bridgehead atoms. The van der Waals surface area contributed by atoms with Crippen LogP contribution in [0.4, 0.5) is 0 Å². The standard InChI is InChI=1S/C23H30N2O3/c1-5-24-23(27)19(4)25(12-11-20-9-7-6-8-10-20)22(26)16-28-21-14-17(2)13-18(3)15-21/h6-10,13-15,19H,5,11-12,16H2,1-4H3,(H,24,27)/t19-/m1/s1. The number of hydrogen-bond acceptors (Lipinski definition) is 3. The van der Waals surface area contributed by atoms with Gasteiger partial charge in [0.15, 0.2) is 6.61 Å². The molecule has 1 atom stereocenters. The van der Waals surface area contributed by atoms with E-state index in [9.17, 15) is 9.59 Å². The summed E-state index contributed by atoms with van der Waals surface area (Å²) in [5, 5.41) is 2.79. The predicted molar refractivity (Wildman–Crippen MR) is 111 cm³/mol.